The molecule has 2 fully saturated rings. The summed E-state index contributed by atoms with van der Waals surface area (Å²) in [4.78, 5) is 13.2. The van der Waals surface area contributed by atoms with Gasteiger partial charge in [0.15, 0.2) is 0 Å². The Morgan fingerprint density at radius 2 is 1.66 bits per heavy atom. The molecule has 0 bridgehead atoms. The van der Waals surface area contributed by atoms with Crippen LogP contribution < -0.4 is 10.1 Å². The normalized spacial score (nSPS) is 19.5. The molecule has 2 aliphatic rings. The summed E-state index contributed by atoms with van der Waals surface area (Å²) in [5.41, 5.74) is 1.33. The van der Waals surface area contributed by atoms with Gasteiger partial charge >= 0.3 is 0 Å². The van der Waals surface area contributed by atoms with Gasteiger partial charge in [0.1, 0.15) is 5.75 Å². The van der Waals surface area contributed by atoms with E-state index < -0.39 is 10.0 Å². The molecule has 172 valence electrons. The third-order valence-electron chi connectivity index (χ3n) is 7.07. The van der Waals surface area contributed by atoms with Gasteiger partial charge in [0.2, 0.25) is 15.9 Å². The van der Waals surface area contributed by atoms with E-state index in [-0.39, 0.29) is 22.1 Å². The van der Waals surface area contributed by atoms with Crippen molar-refractivity contribution >= 4 is 15.9 Å². The summed E-state index contributed by atoms with van der Waals surface area (Å²) >= 11 is 0. The number of nitrogens with zero attached hydrogens (tertiary/aromatic N) is 1. The van der Waals surface area contributed by atoms with Gasteiger partial charge in [0.05, 0.1) is 12.0 Å². The Morgan fingerprint density at radius 1 is 1.03 bits per heavy atom. The maximum absolute atomic E-state index is 12.9. The number of rotatable bonds is 7. The average Bonchev–Trinajstić information content (AvgIpc) is 3.33. The van der Waals surface area contributed by atoms with Crippen LogP contribution in [0.2, 0.25) is 0 Å². The molecule has 1 aliphatic carbocycles. The van der Waals surface area contributed by atoms with Gasteiger partial charge in [-0.3, -0.25) is 4.79 Å². The van der Waals surface area contributed by atoms with E-state index >= 15 is 0 Å². The number of carbonyl (C=O) groups excluding carboxylic acids is 1. The first-order valence-electron chi connectivity index (χ1n) is 11.4. The van der Waals surface area contributed by atoms with Crippen LogP contribution >= 0.6 is 0 Å². The van der Waals surface area contributed by atoms with E-state index in [9.17, 15) is 13.2 Å². The fraction of sp³-hybridized carbons (Fsp3) is 0.480. The fourth-order valence-electron chi connectivity index (χ4n) is 5.07. The molecule has 0 radical (unpaired) electrons. The third-order valence-corrected chi connectivity index (χ3v) is 8.98. The minimum absolute atomic E-state index is 0.0231. The summed E-state index contributed by atoms with van der Waals surface area (Å²) in [5.74, 6) is 0.523. The Balaban J connectivity index is 1.34. The predicted molar refractivity (Wildman–Crippen MR) is 124 cm³/mol. The molecule has 32 heavy (non-hydrogen) atoms. The number of hydrogen-bond acceptors (Lipinski definition) is 4. The molecule has 7 heteroatoms. The van der Waals surface area contributed by atoms with Crippen molar-refractivity contribution in [3.05, 3.63) is 60.2 Å². The lowest BCUT2D eigenvalue weighted by atomic mass is 9.78. The maximum Gasteiger partial charge on any atom is 0.243 e. The summed E-state index contributed by atoms with van der Waals surface area (Å²) < 4.78 is 32.5. The quantitative estimate of drug-likeness (QED) is 0.689. The van der Waals surface area contributed by atoms with Crippen LogP contribution in [0.1, 0.15) is 44.1 Å². The Labute approximate surface area is 191 Å². The smallest absolute Gasteiger partial charge is 0.243 e. The molecule has 1 heterocycles. The molecule has 1 saturated heterocycles. The zero-order valence-electron chi connectivity index (χ0n) is 18.6. The molecule has 2 aromatic carbocycles. The van der Waals surface area contributed by atoms with Gasteiger partial charge in [-0.1, -0.05) is 43.2 Å². The van der Waals surface area contributed by atoms with E-state index in [0.717, 1.165) is 12.8 Å². The van der Waals surface area contributed by atoms with Crippen LogP contribution in [-0.2, 0) is 20.2 Å². The standard InChI is InChI=1S/C25H32N2O4S/c1-31-22-9-11-23(12-10-22)32(29,30)27-17-13-20(14-18-27)24(28)26-19-25(15-5-6-16-25)21-7-3-2-4-8-21/h2-4,7-12,20H,5-6,13-19H2,1H3,(H,26,28). The van der Waals surface area contributed by atoms with Crippen LogP contribution in [0.25, 0.3) is 0 Å². The Kier molecular flexibility index (Phi) is 6.86. The van der Waals surface area contributed by atoms with Crippen molar-refractivity contribution in [2.24, 2.45) is 5.92 Å². The van der Waals surface area contributed by atoms with E-state index in [1.54, 1.807) is 31.4 Å². The van der Waals surface area contributed by atoms with Gasteiger partial charge < -0.3 is 10.1 Å². The lowest BCUT2D eigenvalue weighted by Gasteiger charge is -2.33. The van der Waals surface area contributed by atoms with E-state index in [1.165, 1.54) is 22.7 Å². The highest BCUT2D eigenvalue weighted by atomic mass is 32.2. The lowest BCUT2D eigenvalue weighted by molar-refractivity contribution is -0.126. The molecule has 1 aliphatic heterocycles. The lowest BCUT2D eigenvalue weighted by Crippen LogP contribution is -2.45. The summed E-state index contributed by atoms with van der Waals surface area (Å²) in [6.45, 7) is 1.37. The van der Waals surface area contributed by atoms with E-state index in [0.29, 0.717) is 38.2 Å². The molecule has 1 N–H and O–H groups in total. The number of sulfonamides is 1. The molecular formula is C25H32N2O4S. The first-order valence-corrected chi connectivity index (χ1v) is 12.9. The number of piperidine rings is 1. The van der Waals surface area contributed by atoms with Crippen molar-refractivity contribution in [1.29, 1.82) is 0 Å². The summed E-state index contributed by atoms with van der Waals surface area (Å²) in [5, 5.41) is 3.21. The zero-order valence-corrected chi connectivity index (χ0v) is 19.4. The number of carbonyl (C=O) groups is 1. The van der Waals surface area contributed by atoms with E-state index in [2.05, 4.69) is 29.6 Å². The van der Waals surface area contributed by atoms with Crippen molar-refractivity contribution in [2.45, 2.75) is 48.8 Å². The minimum atomic E-state index is -3.56. The van der Waals surface area contributed by atoms with Crippen LogP contribution in [0.15, 0.2) is 59.5 Å². The third kappa shape index (κ3) is 4.69. The molecule has 0 atom stereocenters. The molecule has 0 spiro atoms. The Bertz CT molecular complexity index is 1010. The maximum atomic E-state index is 12.9. The van der Waals surface area contributed by atoms with Crippen molar-refractivity contribution in [3.8, 4) is 5.75 Å². The van der Waals surface area contributed by atoms with Crippen LogP contribution in [-0.4, -0.2) is 45.4 Å². The molecule has 0 unspecified atom stereocenters. The molecule has 4 rings (SSSR count). The summed E-state index contributed by atoms with van der Waals surface area (Å²) in [6, 6.07) is 16.9. The van der Waals surface area contributed by atoms with Crippen molar-refractivity contribution in [1.82, 2.24) is 9.62 Å². The molecule has 2 aromatic rings. The average molecular weight is 457 g/mol. The number of hydrogen-bond donors (Lipinski definition) is 1. The second-order valence-corrected chi connectivity index (χ2v) is 10.9. The van der Waals surface area contributed by atoms with Crippen LogP contribution in [0.4, 0.5) is 0 Å². The van der Waals surface area contributed by atoms with E-state index in [1.807, 2.05) is 6.07 Å². The minimum Gasteiger partial charge on any atom is -0.497 e. The monoisotopic (exact) mass is 456 g/mol. The molecule has 1 amide bonds. The largest absolute Gasteiger partial charge is 0.497 e. The first kappa shape index (κ1) is 22.8. The highest BCUT2D eigenvalue weighted by molar-refractivity contribution is 7.89. The Morgan fingerprint density at radius 3 is 2.25 bits per heavy atom. The van der Waals surface area contributed by atoms with Gasteiger partial charge in [-0.25, -0.2) is 8.42 Å². The molecule has 0 aromatic heterocycles. The van der Waals surface area contributed by atoms with Gasteiger partial charge in [-0.15, -0.1) is 0 Å². The van der Waals surface area contributed by atoms with Crippen molar-refractivity contribution in [2.75, 3.05) is 26.7 Å². The number of amides is 1. The second kappa shape index (κ2) is 9.63. The number of nitrogens with one attached hydrogen (secondary N) is 1. The highest BCUT2D eigenvalue weighted by Crippen LogP contribution is 2.40. The molecule has 6 nitrogen and oxygen atoms in total. The summed E-state index contributed by atoms with van der Waals surface area (Å²) in [6.07, 6.45) is 5.64. The van der Waals surface area contributed by atoms with Crippen molar-refractivity contribution < 1.29 is 17.9 Å². The zero-order chi connectivity index (χ0) is 22.6. The van der Waals surface area contributed by atoms with Gasteiger partial charge in [-0.2, -0.15) is 4.31 Å². The SMILES string of the molecule is COc1ccc(S(=O)(=O)N2CCC(C(=O)NCC3(c4ccccc4)CCCC3)CC2)cc1. The molecule has 1 saturated carbocycles. The van der Waals surface area contributed by atoms with Crippen molar-refractivity contribution in [3.63, 3.8) is 0 Å². The van der Waals surface area contributed by atoms with Gasteiger partial charge in [0.25, 0.3) is 0 Å². The van der Waals surface area contributed by atoms with Gasteiger partial charge in [-0.05, 0) is 55.5 Å². The molecular weight excluding hydrogens is 424 g/mol. The van der Waals surface area contributed by atoms with Crippen LogP contribution in [0.3, 0.4) is 0 Å². The number of ether oxygens (including phenoxy) is 1. The number of methoxy groups -OCH3 is 1. The summed E-state index contributed by atoms with van der Waals surface area (Å²) in [7, 11) is -2.01. The highest BCUT2D eigenvalue weighted by Gasteiger charge is 2.37. The van der Waals surface area contributed by atoms with E-state index in [4.69, 9.17) is 4.74 Å². The predicted octanol–water partition coefficient (Wildman–Crippen LogP) is 3.72. The van der Waals surface area contributed by atoms with Crippen LogP contribution in [0.5, 0.6) is 5.75 Å². The Hall–Kier alpha value is -2.38. The van der Waals surface area contributed by atoms with Gasteiger partial charge in [0, 0.05) is 31.0 Å². The fourth-order valence-corrected chi connectivity index (χ4v) is 6.54. The second-order valence-electron chi connectivity index (χ2n) is 8.93. The first-order chi connectivity index (χ1) is 15.4. The number of benzene rings is 2. The topological polar surface area (TPSA) is 75.7 Å². The van der Waals surface area contributed by atoms with Crippen LogP contribution in [0, 0.1) is 5.92 Å².